The number of aromatic nitrogens is 2. The van der Waals surface area contributed by atoms with E-state index >= 15 is 0 Å². The number of rotatable bonds is 5. The van der Waals surface area contributed by atoms with Crippen molar-refractivity contribution in [1.82, 2.24) is 14.7 Å². The standard InChI is InChI=1S/C19H24N4O2S/c1-14-5-3-4-6-16(14)19(25)21-17-7-10-20-23(17)15-8-11-22(12-9-15)18(24)13-26-2/h3-7,10,15H,8-9,11-13H2,1-2H3,(H,21,25). The summed E-state index contributed by atoms with van der Waals surface area (Å²) in [4.78, 5) is 26.5. The normalized spacial score (nSPS) is 15.1. The maximum Gasteiger partial charge on any atom is 0.257 e. The number of aryl methyl sites for hydroxylation is 1. The van der Waals surface area contributed by atoms with E-state index < -0.39 is 0 Å². The minimum absolute atomic E-state index is 0.127. The average Bonchev–Trinajstić information content (AvgIpc) is 3.10. The van der Waals surface area contributed by atoms with Crippen LogP contribution < -0.4 is 5.32 Å². The van der Waals surface area contributed by atoms with Gasteiger partial charge in [0.1, 0.15) is 5.82 Å². The van der Waals surface area contributed by atoms with Crippen molar-refractivity contribution in [1.29, 1.82) is 0 Å². The van der Waals surface area contributed by atoms with Gasteiger partial charge in [-0.25, -0.2) is 4.68 Å². The minimum atomic E-state index is -0.127. The van der Waals surface area contributed by atoms with Crippen LogP contribution in [0.4, 0.5) is 5.82 Å². The molecule has 1 aromatic carbocycles. The van der Waals surface area contributed by atoms with Crippen molar-refractivity contribution in [3.05, 3.63) is 47.7 Å². The zero-order valence-electron chi connectivity index (χ0n) is 15.1. The first-order valence-corrected chi connectivity index (χ1v) is 10.2. The van der Waals surface area contributed by atoms with E-state index in [1.807, 2.05) is 53.1 Å². The summed E-state index contributed by atoms with van der Waals surface area (Å²) < 4.78 is 1.88. The number of benzene rings is 1. The van der Waals surface area contributed by atoms with Crippen LogP contribution in [0, 0.1) is 6.92 Å². The van der Waals surface area contributed by atoms with Crippen molar-refractivity contribution in [3.63, 3.8) is 0 Å². The van der Waals surface area contributed by atoms with E-state index in [0.717, 1.165) is 31.5 Å². The second-order valence-electron chi connectivity index (χ2n) is 6.48. The number of likely N-dealkylation sites (tertiary alicyclic amines) is 1. The van der Waals surface area contributed by atoms with E-state index in [1.54, 1.807) is 18.0 Å². The summed E-state index contributed by atoms with van der Waals surface area (Å²) in [7, 11) is 0. The van der Waals surface area contributed by atoms with Crippen molar-refractivity contribution < 1.29 is 9.59 Å². The van der Waals surface area contributed by atoms with Gasteiger partial charge in [0.2, 0.25) is 5.91 Å². The van der Waals surface area contributed by atoms with Gasteiger partial charge in [-0.2, -0.15) is 16.9 Å². The van der Waals surface area contributed by atoms with E-state index in [1.165, 1.54) is 0 Å². The van der Waals surface area contributed by atoms with Gasteiger partial charge in [0.15, 0.2) is 0 Å². The number of nitrogens with one attached hydrogen (secondary N) is 1. The van der Waals surface area contributed by atoms with Gasteiger partial charge in [0, 0.05) is 24.7 Å². The lowest BCUT2D eigenvalue weighted by Crippen LogP contribution is -2.40. The molecule has 3 rings (SSSR count). The number of piperidine rings is 1. The van der Waals surface area contributed by atoms with Gasteiger partial charge in [-0.3, -0.25) is 9.59 Å². The molecule has 26 heavy (non-hydrogen) atoms. The van der Waals surface area contributed by atoms with Crippen LogP contribution >= 0.6 is 11.8 Å². The highest BCUT2D eigenvalue weighted by atomic mass is 32.2. The molecular formula is C19H24N4O2S. The number of hydrogen-bond acceptors (Lipinski definition) is 4. The second-order valence-corrected chi connectivity index (χ2v) is 7.34. The average molecular weight is 372 g/mol. The highest BCUT2D eigenvalue weighted by Crippen LogP contribution is 2.26. The zero-order chi connectivity index (χ0) is 18.5. The lowest BCUT2D eigenvalue weighted by atomic mass is 10.1. The molecule has 0 unspecified atom stereocenters. The van der Waals surface area contributed by atoms with Crippen molar-refractivity contribution in [2.75, 3.05) is 30.4 Å². The van der Waals surface area contributed by atoms with Gasteiger partial charge >= 0.3 is 0 Å². The van der Waals surface area contributed by atoms with Crippen LogP contribution in [0.2, 0.25) is 0 Å². The summed E-state index contributed by atoms with van der Waals surface area (Å²) in [6.07, 6.45) is 5.33. The van der Waals surface area contributed by atoms with Gasteiger partial charge in [0.05, 0.1) is 18.0 Å². The summed E-state index contributed by atoms with van der Waals surface area (Å²) in [5.74, 6) is 1.30. The Balaban J connectivity index is 1.65. The SMILES string of the molecule is CSCC(=O)N1CCC(n2nccc2NC(=O)c2ccccc2C)CC1. The van der Waals surface area contributed by atoms with Gasteiger partial charge in [-0.15, -0.1) is 0 Å². The Bertz CT molecular complexity index is 781. The summed E-state index contributed by atoms with van der Waals surface area (Å²) in [6, 6.07) is 9.54. The number of amides is 2. The molecular weight excluding hydrogens is 348 g/mol. The number of carbonyl (C=O) groups excluding carboxylic acids is 2. The molecule has 0 atom stereocenters. The first-order valence-electron chi connectivity index (χ1n) is 8.77. The molecule has 1 aromatic heterocycles. The van der Waals surface area contributed by atoms with Crippen molar-refractivity contribution in [3.8, 4) is 0 Å². The Morgan fingerprint density at radius 2 is 1.96 bits per heavy atom. The van der Waals surface area contributed by atoms with Crippen LogP contribution in [0.1, 0.15) is 34.8 Å². The fourth-order valence-electron chi connectivity index (χ4n) is 3.29. The summed E-state index contributed by atoms with van der Waals surface area (Å²) in [6.45, 7) is 3.39. The minimum Gasteiger partial charge on any atom is -0.342 e. The van der Waals surface area contributed by atoms with E-state index in [2.05, 4.69) is 10.4 Å². The van der Waals surface area contributed by atoms with E-state index in [9.17, 15) is 9.59 Å². The number of anilines is 1. The number of hydrogen-bond donors (Lipinski definition) is 1. The Labute approximate surface area is 157 Å². The van der Waals surface area contributed by atoms with Gasteiger partial charge < -0.3 is 10.2 Å². The maximum atomic E-state index is 12.6. The van der Waals surface area contributed by atoms with Crippen LogP contribution in [0.3, 0.4) is 0 Å². The van der Waals surface area contributed by atoms with Crippen LogP contribution in [-0.4, -0.2) is 51.6 Å². The molecule has 0 spiro atoms. The van der Waals surface area contributed by atoms with E-state index in [-0.39, 0.29) is 17.9 Å². The molecule has 138 valence electrons. The fraction of sp³-hybridized carbons (Fsp3) is 0.421. The third-order valence-corrected chi connectivity index (χ3v) is 5.27. The molecule has 2 amide bonds. The monoisotopic (exact) mass is 372 g/mol. The predicted octanol–water partition coefficient (Wildman–Crippen LogP) is 2.97. The molecule has 2 aromatic rings. The lowest BCUT2D eigenvalue weighted by Gasteiger charge is -2.32. The Morgan fingerprint density at radius 3 is 2.65 bits per heavy atom. The molecule has 0 saturated carbocycles. The molecule has 1 fully saturated rings. The smallest absolute Gasteiger partial charge is 0.257 e. The van der Waals surface area contributed by atoms with Gasteiger partial charge in [-0.05, 0) is 37.7 Å². The highest BCUT2D eigenvalue weighted by molar-refractivity contribution is 7.99. The van der Waals surface area contributed by atoms with Crippen molar-refractivity contribution in [2.24, 2.45) is 0 Å². The quantitative estimate of drug-likeness (QED) is 0.876. The number of carbonyl (C=O) groups is 2. The second kappa shape index (κ2) is 8.40. The fourth-order valence-corrected chi connectivity index (χ4v) is 3.72. The molecule has 0 radical (unpaired) electrons. The molecule has 1 aliphatic heterocycles. The molecule has 7 heteroatoms. The van der Waals surface area contributed by atoms with Crippen molar-refractivity contribution >= 4 is 29.4 Å². The Hall–Kier alpha value is -2.28. The summed E-state index contributed by atoms with van der Waals surface area (Å²) in [5.41, 5.74) is 1.61. The first kappa shape index (κ1) is 18.5. The first-order chi connectivity index (χ1) is 12.6. The summed E-state index contributed by atoms with van der Waals surface area (Å²) >= 11 is 1.55. The maximum absolute atomic E-state index is 12.6. The molecule has 0 bridgehead atoms. The molecule has 6 nitrogen and oxygen atoms in total. The lowest BCUT2D eigenvalue weighted by molar-refractivity contribution is -0.129. The van der Waals surface area contributed by atoms with Gasteiger partial charge in [0.25, 0.3) is 5.91 Å². The Kier molecular flexibility index (Phi) is 5.98. The zero-order valence-corrected chi connectivity index (χ0v) is 16.0. The van der Waals surface area contributed by atoms with Crippen LogP contribution in [0.5, 0.6) is 0 Å². The molecule has 1 aliphatic rings. The van der Waals surface area contributed by atoms with E-state index in [0.29, 0.717) is 17.1 Å². The predicted molar refractivity (Wildman–Crippen MR) is 105 cm³/mol. The largest absolute Gasteiger partial charge is 0.342 e. The number of thioether (sulfide) groups is 1. The number of nitrogens with zero attached hydrogens (tertiary/aromatic N) is 3. The summed E-state index contributed by atoms with van der Waals surface area (Å²) in [5, 5.41) is 7.39. The van der Waals surface area contributed by atoms with E-state index in [4.69, 9.17) is 0 Å². The third-order valence-electron chi connectivity index (χ3n) is 4.73. The van der Waals surface area contributed by atoms with Crippen molar-refractivity contribution in [2.45, 2.75) is 25.8 Å². The van der Waals surface area contributed by atoms with Crippen LogP contribution in [-0.2, 0) is 4.79 Å². The van der Waals surface area contributed by atoms with Crippen LogP contribution in [0.15, 0.2) is 36.5 Å². The molecule has 0 aliphatic carbocycles. The Morgan fingerprint density at radius 1 is 1.23 bits per heavy atom. The molecule has 2 heterocycles. The highest BCUT2D eigenvalue weighted by Gasteiger charge is 2.25. The van der Waals surface area contributed by atoms with Gasteiger partial charge in [-0.1, -0.05) is 18.2 Å². The third kappa shape index (κ3) is 4.09. The van der Waals surface area contributed by atoms with Crippen LogP contribution in [0.25, 0.3) is 0 Å². The topological polar surface area (TPSA) is 67.2 Å². The molecule has 1 N–H and O–H groups in total. The molecule has 1 saturated heterocycles.